The van der Waals surface area contributed by atoms with Gasteiger partial charge in [0.05, 0.1) is 11.4 Å². The van der Waals surface area contributed by atoms with Crippen molar-refractivity contribution in [3.63, 3.8) is 0 Å². The summed E-state index contributed by atoms with van der Waals surface area (Å²) < 4.78 is 13.5. The van der Waals surface area contributed by atoms with E-state index in [9.17, 15) is 0 Å². The van der Waals surface area contributed by atoms with Gasteiger partial charge in [-0.2, -0.15) is 0 Å². The first kappa shape index (κ1) is 42.6. The molecular weight excluding hydrogens is 889 g/mol. The van der Waals surface area contributed by atoms with Crippen LogP contribution in [-0.4, -0.2) is 0 Å². The van der Waals surface area contributed by atoms with Crippen molar-refractivity contribution in [2.75, 3.05) is 9.80 Å². The lowest BCUT2D eigenvalue weighted by molar-refractivity contribution is 0.668. The monoisotopic (exact) mass is 944 g/mol. The van der Waals surface area contributed by atoms with Gasteiger partial charge in [0.1, 0.15) is 11.2 Å². The summed E-state index contributed by atoms with van der Waals surface area (Å²) in [6.45, 7) is 4.86. The van der Waals surface area contributed by atoms with Gasteiger partial charge in [0.2, 0.25) is 0 Å². The highest BCUT2D eigenvalue weighted by molar-refractivity contribution is 6.12. The molecule has 0 radical (unpaired) electrons. The van der Waals surface area contributed by atoms with E-state index in [0.29, 0.717) is 11.8 Å². The van der Waals surface area contributed by atoms with Crippen LogP contribution in [0.1, 0.15) is 99.3 Å². The minimum Gasteiger partial charge on any atom is -0.454 e. The van der Waals surface area contributed by atoms with Crippen LogP contribution in [0.5, 0.6) is 0 Å². The standard InChI is InChI=1S/C69H56N2O2/c1-69(2)65-53-39-35-51(70(49-31-25-45(26-32-49)43-13-3-4-14-43)61-21-11-19-59-55-17-7-9-23-63(55)72-67(59)61)41-47(53)29-37-57(65)58-38-30-48-42-52(36-40-54(48)66(58)69)71(50-33-27-46(28-34-50)44-15-5-6-16-44)62-22-12-20-60-56-18-8-10-24-64(56)73-68(60)62/h7-12,17-44H,3-6,13-16H2,1-2H3. The van der Waals surface area contributed by atoms with E-state index in [1.807, 2.05) is 0 Å². The first-order valence-corrected chi connectivity index (χ1v) is 26.7. The molecule has 3 aliphatic carbocycles. The maximum absolute atomic E-state index is 6.73. The number of anilines is 6. The fourth-order valence-electron chi connectivity index (χ4n) is 13.8. The largest absolute Gasteiger partial charge is 0.454 e. The van der Waals surface area contributed by atoms with E-state index < -0.39 is 0 Å². The zero-order valence-electron chi connectivity index (χ0n) is 41.5. The number of para-hydroxylation sites is 4. The molecule has 0 atom stereocenters. The van der Waals surface area contributed by atoms with Gasteiger partial charge < -0.3 is 18.6 Å². The lowest BCUT2D eigenvalue weighted by Crippen LogP contribution is -2.16. The fourth-order valence-corrected chi connectivity index (χ4v) is 13.8. The highest BCUT2D eigenvalue weighted by atomic mass is 16.3. The quantitative estimate of drug-likeness (QED) is 0.152. The minimum atomic E-state index is -0.266. The lowest BCUT2D eigenvalue weighted by Gasteiger charge is -2.28. The van der Waals surface area contributed by atoms with Crippen LogP contribution < -0.4 is 9.80 Å². The normalized spacial score (nSPS) is 15.6. The van der Waals surface area contributed by atoms with E-state index in [0.717, 1.165) is 78.0 Å². The number of nitrogens with zero attached hydrogens (tertiary/aromatic N) is 2. The molecule has 2 heterocycles. The van der Waals surface area contributed by atoms with Crippen molar-refractivity contribution in [1.29, 1.82) is 0 Å². The van der Waals surface area contributed by atoms with Crippen molar-refractivity contribution in [3.05, 3.63) is 216 Å². The van der Waals surface area contributed by atoms with E-state index in [2.05, 4.69) is 218 Å². The lowest BCUT2D eigenvalue weighted by atomic mass is 9.78. The predicted octanol–water partition coefficient (Wildman–Crippen LogP) is 20.4. The Bertz CT molecular complexity index is 3880. The summed E-state index contributed by atoms with van der Waals surface area (Å²) in [5.74, 6) is 1.30. The molecule has 15 rings (SSSR count). The number of hydrogen-bond acceptors (Lipinski definition) is 4. The molecule has 0 aliphatic heterocycles. The molecule has 2 aromatic heterocycles. The Morgan fingerprint density at radius 3 is 1.21 bits per heavy atom. The summed E-state index contributed by atoms with van der Waals surface area (Å²) in [4.78, 5) is 4.81. The summed E-state index contributed by atoms with van der Waals surface area (Å²) in [7, 11) is 0. The van der Waals surface area contributed by atoms with Crippen LogP contribution in [0.15, 0.2) is 203 Å². The van der Waals surface area contributed by atoms with Gasteiger partial charge in [0.25, 0.3) is 0 Å². The van der Waals surface area contributed by atoms with Gasteiger partial charge in [0, 0.05) is 49.7 Å². The molecule has 10 aromatic carbocycles. The van der Waals surface area contributed by atoms with Crippen molar-refractivity contribution in [2.45, 2.75) is 82.5 Å². The van der Waals surface area contributed by atoms with E-state index in [1.165, 1.54) is 106 Å². The number of fused-ring (bicyclic) bond motifs is 13. The Labute approximate surface area is 426 Å². The van der Waals surface area contributed by atoms with Crippen molar-refractivity contribution in [3.8, 4) is 11.1 Å². The summed E-state index contributed by atoms with van der Waals surface area (Å²) >= 11 is 0. The van der Waals surface area contributed by atoms with Crippen LogP contribution in [0.25, 0.3) is 76.5 Å². The Kier molecular flexibility index (Phi) is 9.61. The zero-order chi connectivity index (χ0) is 48.4. The topological polar surface area (TPSA) is 32.8 Å². The highest BCUT2D eigenvalue weighted by Crippen LogP contribution is 2.55. The van der Waals surface area contributed by atoms with Crippen molar-refractivity contribution < 1.29 is 8.83 Å². The number of hydrogen-bond donors (Lipinski definition) is 0. The number of furan rings is 2. The zero-order valence-corrected chi connectivity index (χ0v) is 41.5. The Balaban J connectivity index is 0.840. The first-order valence-electron chi connectivity index (χ1n) is 26.7. The molecule has 12 aromatic rings. The minimum absolute atomic E-state index is 0.266. The molecule has 4 nitrogen and oxygen atoms in total. The Morgan fingerprint density at radius 2 is 0.767 bits per heavy atom. The van der Waals surface area contributed by atoms with Crippen LogP contribution in [0.4, 0.5) is 34.1 Å². The smallest absolute Gasteiger partial charge is 0.159 e. The van der Waals surface area contributed by atoms with Crippen LogP contribution in [0.2, 0.25) is 0 Å². The van der Waals surface area contributed by atoms with E-state index in [4.69, 9.17) is 8.83 Å². The van der Waals surface area contributed by atoms with Crippen LogP contribution in [-0.2, 0) is 5.41 Å². The average molecular weight is 945 g/mol. The summed E-state index contributed by atoms with van der Waals surface area (Å²) in [5.41, 5.74) is 18.2. The molecule has 0 bridgehead atoms. The second-order valence-electron chi connectivity index (χ2n) is 21.7. The summed E-state index contributed by atoms with van der Waals surface area (Å²) in [6.07, 6.45) is 10.4. The van der Waals surface area contributed by atoms with Crippen LogP contribution >= 0.6 is 0 Å². The second kappa shape index (κ2) is 16.5. The third-order valence-electron chi connectivity index (χ3n) is 17.3. The maximum atomic E-state index is 6.73. The van der Waals surface area contributed by atoms with Gasteiger partial charge >= 0.3 is 0 Å². The average Bonchev–Trinajstić information content (AvgIpc) is 4.31. The molecule has 73 heavy (non-hydrogen) atoms. The van der Waals surface area contributed by atoms with Crippen molar-refractivity contribution >= 4 is 99.5 Å². The number of rotatable bonds is 8. The molecule has 4 heteroatoms. The fraction of sp³-hybridized carbons (Fsp3) is 0.188. The van der Waals surface area contributed by atoms with E-state index in [1.54, 1.807) is 0 Å². The molecule has 0 amide bonds. The summed E-state index contributed by atoms with van der Waals surface area (Å²) in [6, 6.07) is 72.3. The Morgan fingerprint density at radius 1 is 0.370 bits per heavy atom. The van der Waals surface area contributed by atoms with E-state index in [-0.39, 0.29) is 5.41 Å². The van der Waals surface area contributed by atoms with Gasteiger partial charge in [0.15, 0.2) is 11.2 Å². The number of benzene rings is 10. The molecule has 0 unspecified atom stereocenters. The SMILES string of the molecule is CC1(C)c2c(ccc3cc(N(c4ccc(C5CCCC5)cc4)c4cccc5c4oc4ccccc45)ccc23)-c2ccc3cc(N(c4ccc(C5CCCC5)cc4)c4cccc5c4oc4ccccc45)ccc3c21. The molecule has 0 spiro atoms. The Hall–Kier alpha value is -8.08. The van der Waals surface area contributed by atoms with Gasteiger partial charge in [-0.15, -0.1) is 0 Å². The molecule has 3 aliphatic rings. The van der Waals surface area contributed by atoms with Crippen LogP contribution in [0.3, 0.4) is 0 Å². The third kappa shape index (κ3) is 6.65. The predicted molar refractivity (Wildman–Crippen MR) is 305 cm³/mol. The first-order chi connectivity index (χ1) is 35.9. The van der Waals surface area contributed by atoms with Gasteiger partial charge in [-0.25, -0.2) is 0 Å². The molecule has 0 N–H and O–H groups in total. The van der Waals surface area contributed by atoms with Crippen molar-refractivity contribution in [2.24, 2.45) is 0 Å². The van der Waals surface area contributed by atoms with Crippen molar-refractivity contribution in [1.82, 2.24) is 0 Å². The molecule has 2 fully saturated rings. The third-order valence-corrected chi connectivity index (χ3v) is 17.3. The second-order valence-corrected chi connectivity index (χ2v) is 21.7. The van der Waals surface area contributed by atoms with E-state index >= 15 is 0 Å². The molecule has 354 valence electrons. The molecular formula is C69H56N2O2. The van der Waals surface area contributed by atoms with Gasteiger partial charge in [-0.1, -0.05) is 161 Å². The van der Waals surface area contributed by atoms with Gasteiger partial charge in [-0.3, -0.25) is 0 Å². The van der Waals surface area contributed by atoms with Crippen LogP contribution in [0, 0.1) is 0 Å². The molecule has 2 saturated carbocycles. The van der Waals surface area contributed by atoms with Gasteiger partial charge in [-0.05, 0) is 165 Å². The highest BCUT2D eigenvalue weighted by Gasteiger charge is 2.39. The molecule has 0 saturated heterocycles. The maximum Gasteiger partial charge on any atom is 0.159 e. The summed E-state index contributed by atoms with van der Waals surface area (Å²) in [5, 5.41) is 9.55.